The molecular formula is C14H17N3. The molecule has 17 heavy (non-hydrogen) atoms. The van der Waals surface area contributed by atoms with Gasteiger partial charge >= 0.3 is 0 Å². The van der Waals surface area contributed by atoms with Crippen LogP contribution in [0.5, 0.6) is 0 Å². The Morgan fingerprint density at radius 1 is 1.29 bits per heavy atom. The largest absolute Gasteiger partial charge is 0.333 e. The van der Waals surface area contributed by atoms with E-state index < -0.39 is 0 Å². The molecule has 3 rings (SSSR count). The molecule has 2 N–H and O–H groups in total. The Morgan fingerprint density at radius 3 is 2.82 bits per heavy atom. The van der Waals surface area contributed by atoms with Crippen molar-refractivity contribution in [1.82, 2.24) is 9.55 Å². The molecule has 1 atom stereocenters. The maximum absolute atomic E-state index is 5.97. The highest BCUT2D eigenvalue weighted by Crippen LogP contribution is 2.22. The molecule has 0 spiro atoms. The Labute approximate surface area is 101 Å². The van der Waals surface area contributed by atoms with E-state index in [2.05, 4.69) is 42.0 Å². The summed E-state index contributed by atoms with van der Waals surface area (Å²) in [5.41, 5.74) is 9.50. The number of hydrogen-bond donors (Lipinski definition) is 1. The highest BCUT2D eigenvalue weighted by Gasteiger charge is 2.17. The lowest BCUT2D eigenvalue weighted by molar-refractivity contribution is 0.453. The molecule has 0 radical (unpaired) electrons. The molecule has 1 aromatic carbocycles. The van der Waals surface area contributed by atoms with Gasteiger partial charge in [0.05, 0.1) is 5.69 Å². The highest BCUT2D eigenvalue weighted by atomic mass is 15.1. The van der Waals surface area contributed by atoms with Crippen molar-refractivity contribution >= 4 is 0 Å². The maximum Gasteiger partial charge on any atom is 0.109 e. The summed E-state index contributed by atoms with van der Waals surface area (Å²) >= 11 is 0. The molecule has 2 heterocycles. The minimum absolute atomic E-state index is 0.280. The zero-order valence-corrected chi connectivity index (χ0v) is 10.1. The third-order valence-electron chi connectivity index (χ3n) is 3.38. The molecule has 1 aliphatic heterocycles. The number of nitrogens with zero attached hydrogens (tertiary/aromatic N) is 2. The quantitative estimate of drug-likeness (QED) is 0.811. The van der Waals surface area contributed by atoms with Crippen LogP contribution in [0, 0.1) is 6.92 Å². The molecular weight excluding hydrogens is 210 g/mol. The van der Waals surface area contributed by atoms with Crippen LogP contribution in [0.1, 0.15) is 17.8 Å². The van der Waals surface area contributed by atoms with Gasteiger partial charge in [-0.15, -0.1) is 0 Å². The highest BCUT2D eigenvalue weighted by molar-refractivity contribution is 5.59. The summed E-state index contributed by atoms with van der Waals surface area (Å²) in [5.74, 6) is 1.17. The van der Waals surface area contributed by atoms with E-state index in [0.29, 0.717) is 0 Å². The van der Waals surface area contributed by atoms with E-state index >= 15 is 0 Å². The van der Waals surface area contributed by atoms with E-state index in [9.17, 15) is 0 Å². The predicted octanol–water partition coefficient (Wildman–Crippen LogP) is 2.13. The fraction of sp³-hybridized carbons (Fsp3) is 0.357. The first-order valence-corrected chi connectivity index (χ1v) is 6.11. The van der Waals surface area contributed by atoms with Crippen molar-refractivity contribution in [3.63, 3.8) is 0 Å². The molecule has 1 aliphatic rings. The number of imidazole rings is 1. The molecule has 88 valence electrons. The molecule has 1 unspecified atom stereocenters. The number of hydrogen-bond acceptors (Lipinski definition) is 2. The Balaban J connectivity index is 1.97. The van der Waals surface area contributed by atoms with E-state index in [4.69, 9.17) is 10.7 Å². The van der Waals surface area contributed by atoms with E-state index in [-0.39, 0.29) is 6.04 Å². The Hall–Kier alpha value is -1.61. The first kappa shape index (κ1) is 10.5. The number of benzene rings is 1. The first-order chi connectivity index (χ1) is 8.22. The van der Waals surface area contributed by atoms with Gasteiger partial charge in [0, 0.05) is 30.8 Å². The van der Waals surface area contributed by atoms with Crippen molar-refractivity contribution in [2.24, 2.45) is 5.73 Å². The third kappa shape index (κ3) is 1.98. The normalized spacial score (nSPS) is 19.1. The summed E-state index contributed by atoms with van der Waals surface area (Å²) in [6.07, 6.45) is 4.16. The van der Waals surface area contributed by atoms with Gasteiger partial charge in [0.1, 0.15) is 5.82 Å². The smallest absolute Gasteiger partial charge is 0.109 e. The average molecular weight is 227 g/mol. The number of aryl methyl sites for hydroxylation is 2. The lowest BCUT2D eigenvalue weighted by Gasteiger charge is -2.19. The Bertz CT molecular complexity index is 525. The predicted molar refractivity (Wildman–Crippen MR) is 68.7 cm³/mol. The van der Waals surface area contributed by atoms with Gasteiger partial charge in [0.15, 0.2) is 0 Å². The zero-order valence-electron chi connectivity index (χ0n) is 10.1. The summed E-state index contributed by atoms with van der Waals surface area (Å²) in [6, 6.07) is 8.79. The van der Waals surface area contributed by atoms with Crippen molar-refractivity contribution in [2.75, 3.05) is 0 Å². The van der Waals surface area contributed by atoms with Crippen molar-refractivity contribution in [3.05, 3.63) is 41.9 Å². The third-order valence-corrected chi connectivity index (χ3v) is 3.38. The fourth-order valence-corrected chi connectivity index (χ4v) is 2.33. The van der Waals surface area contributed by atoms with Crippen LogP contribution in [0.25, 0.3) is 11.3 Å². The average Bonchev–Trinajstić information content (AvgIpc) is 2.72. The van der Waals surface area contributed by atoms with Gasteiger partial charge < -0.3 is 10.3 Å². The van der Waals surface area contributed by atoms with Crippen LogP contribution in [-0.2, 0) is 13.0 Å². The fourth-order valence-electron chi connectivity index (χ4n) is 2.33. The van der Waals surface area contributed by atoms with E-state index in [0.717, 1.165) is 25.1 Å². The van der Waals surface area contributed by atoms with Gasteiger partial charge in [-0.2, -0.15) is 0 Å². The minimum atomic E-state index is 0.280. The van der Waals surface area contributed by atoms with Crippen molar-refractivity contribution < 1.29 is 0 Å². The van der Waals surface area contributed by atoms with E-state index in [1.165, 1.54) is 17.0 Å². The summed E-state index contributed by atoms with van der Waals surface area (Å²) in [6.45, 7) is 3.00. The first-order valence-electron chi connectivity index (χ1n) is 6.11. The number of aromatic nitrogens is 2. The molecule has 0 saturated heterocycles. The van der Waals surface area contributed by atoms with E-state index in [1.807, 2.05) is 0 Å². The SMILES string of the molecule is Cc1ccc(-c2cn3c(n2)CCC(N)C3)cc1. The summed E-state index contributed by atoms with van der Waals surface area (Å²) < 4.78 is 2.20. The van der Waals surface area contributed by atoms with Gasteiger partial charge in [-0.05, 0) is 13.3 Å². The topological polar surface area (TPSA) is 43.8 Å². The lowest BCUT2D eigenvalue weighted by Crippen LogP contribution is -2.31. The Kier molecular flexibility index (Phi) is 2.48. The van der Waals surface area contributed by atoms with Crippen LogP contribution < -0.4 is 5.73 Å². The summed E-state index contributed by atoms with van der Waals surface area (Å²) in [4.78, 5) is 4.69. The molecule has 0 saturated carbocycles. The van der Waals surface area contributed by atoms with Crippen molar-refractivity contribution in [1.29, 1.82) is 0 Å². The van der Waals surface area contributed by atoms with Gasteiger partial charge in [-0.3, -0.25) is 0 Å². The second-order valence-electron chi connectivity index (χ2n) is 4.86. The molecule has 3 heteroatoms. The molecule has 2 aromatic rings. The van der Waals surface area contributed by atoms with Crippen LogP contribution in [0.4, 0.5) is 0 Å². The summed E-state index contributed by atoms with van der Waals surface area (Å²) in [5, 5.41) is 0. The van der Waals surface area contributed by atoms with Gasteiger partial charge in [-0.1, -0.05) is 29.8 Å². The molecule has 0 fully saturated rings. The second-order valence-corrected chi connectivity index (χ2v) is 4.86. The van der Waals surface area contributed by atoms with Crippen LogP contribution in [-0.4, -0.2) is 15.6 Å². The van der Waals surface area contributed by atoms with Crippen LogP contribution in [0.2, 0.25) is 0 Å². The number of rotatable bonds is 1. The van der Waals surface area contributed by atoms with E-state index in [1.54, 1.807) is 0 Å². The van der Waals surface area contributed by atoms with Crippen LogP contribution in [0.3, 0.4) is 0 Å². The Morgan fingerprint density at radius 2 is 2.06 bits per heavy atom. The molecule has 3 nitrogen and oxygen atoms in total. The number of nitrogens with two attached hydrogens (primary N) is 1. The standard InChI is InChI=1S/C14H17N3/c1-10-2-4-11(5-3-10)13-9-17-8-12(15)6-7-14(17)16-13/h2-5,9,12H,6-8,15H2,1H3. The van der Waals surface area contributed by atoms with Gasteiger partial charge in [-0.25, -0.2) is 4.98 Å². The molecule has 0 bridgehead atoms. The molecule has 1 aromatic heterocycles. The lowest BCUT2D eigenvalue weighted by atomic mass is 10.1. The summed E-state index contributed by atoms with van der Waals surface area (Å²) in [7, 11) is 0. The molecule has 0 amide bonds. The zero-order chi connectivity index (χ0) is 11.8. The van der Waals surface area contributed by atoms with Crippen molar-refractivity contribution in [3.8, 4) is 11.3 Å². The van der Waals surface area contributed by atoms with Crippen LogP contribution in [0.15, 0.2) is 30.5 Å². The minimum Gasteiger partial charge on any atom is -0.333 e. The monoisotopic (exact) mass is 227 g/mol. The van der Waals surface area contributed by atoms with Crippen LogP contribution >= 0.6 is 0 Å². The van der Waals surface area contributed by atoms with Crippen molar-refractivity contribution in [2.45, 2.75) is 32.4 Å². The van der Waals surface area contributed by atoms with Gasteiger partial charge in [0.2, 0.25) is 0 Å². The second kappa shape index (κ2) is 4.00. The maximum atomic E-state index is 5.97. The van der Waals surface area contributed by atoms with Gasteiger partial charge in [0.25, 0.3) is 0 Å². The molecule has 0 aliphatic carbocycles. The number of fused-ring (bicyclic) bond motifs is 1.